The van der Waals surface area contributed by atoms with E-state index in [0.717, 1.165) is 18.9 Å². The van der Waals surface area contributed by atoms with Crippen molar-refractivity contribution in [3.05, 3.63) is 12.2 Å². The fourth-order valence-corrected chi connectivity index (χ4v) is 4.15. The van der Waals surface area contributed by atoms with Gasteiger partial charge in [0.05, 0.1) is 0 Å². The molecule has 0 saturated heterocycles. The Morgan fingerprint density at radius 2 is 1.30 bits per heavy atom. The van der Waals surface area contributed by atoms with Crippen LogP contribution in [0.5, 0.6) is 0 Å². The van der Waals surface area contributed by atoms with Crippen molar-refractivity contribution in [1.29, 1.82) is 0 Å². The van der Waals surface area contributed by atoms with Crippen LogP contribution in [0.4, 0.5) is 0 Å². The number of hydrogen-bond acceptors (Lipinski definition) is 2. The smallest absolute Gasteiger partial charge is 0.0431 e. The van der Waals surface area contributed by atoms with Gasteiger partial charge in [-0.2, -0.15) is 0 Å². The SMILES string of the molecule is CCC1CCN=C1CCCCCCCC/C=C\CCCCCCCCCO. The van der Waals surface area contributed by atoms with Crippen LogP contribution in [0.3, 0.4) is 0 Å². The van der Waals surface area contributed by atoms with Crippen LogP contribution in [-0.4, -0.2) is 24.0 Å². The first kappa shape index (κ1) is 24.4. The van der Waals surface area contributed by atoms with E-state index in [9.17, 15) is 0 Å². The lowest BCUT2D eigenvalue weighted by Gasteiger charge is -2.09. The summed E-state index contributed by atoms with van der Waals surface area (Å²) in [5, 5.41) is 8.73. The molecule has 1 aliphatic heterocycles. The molecule has 1 unspecified atom stereocenters. The van der Waals surface area contributed by atoms with Gasteiger partial charge < -0.3 is 5.11 Å². The highest BCUT2D eigenvalue weighted by Crippen LogP contribution is 2.21. The van der Waals surface area contributed by atoms with E-state index in [1.807, 2.05) is 0 Å². The number of rotatable bonds is 19. The molecule has 0 aromatic carbocycles. The Labute approximate surface area is 169 Å². The summed E-state index contributed by atoms with van der Waals surface area (Å²) in [5.41, 5.74) is 1.53. The zero-order valence-corrected chi connectivity index (χ0v) is 18.3. The molecule has 158 valence electrons. The van der Waals surface area contributed by atoms with Crippen molar-refractivity contribution < 1.29 is 5.11 Å². The molecule has 0 aliphatic carbocycles. The molecule has 0 saturated carbocycles. The van der Waals surface area contributed by atoms with Gasteiger partial charge in [-0.25, -0.2) is 0 Å². The maximum atomic E-state index is 8.73. The van der Waals surface area contributed by atoms with Crippen molar-refractivity contribution in [1.82, 2.24) is 0 Å². The largest absolute Gasteiger partial charge is 0.396 e. The maximum Gasteiger partial charge on any atom is 0.0431 e. The van der Waals surface area contributed by atoms with Crippen LogP contribution in [0.25, 0.3) is 0 Å². The second-order valence-corrected chi connectivity index (χ2v) is 8.39. The van der Waals surface area contributed by atoms with E-state index < -0.39 is 0 Å². The zero-order valence-electron chi connectivity index (χ0n) is 18.3. The standard InChI is InChI=1S/C25H47NO/c1-2-24-21-22-26-25(24)20-18-16-14-12-10-8-6-4-3-5-7-9-11-13-15-17-19-23-27/h3-4,24,27H,2,5-23H2,1H3/b4-3-. The predicted octanol–water partition coefficient (Wildman–Crippen LogP) is 7.65. The molecule has 0 amide bonds. The van der Waals surface area contributed by atoms with Gasteiger partial charge >= 0.3 is 0 Å². The molecule has 27 heavy (non-hydrogen) atoms. The lowest BCUT2D eigenvalue weighted by atomic mass is 9.95. The first-order chi connectivity index (χ1) is 13.4. The lowest BCUT2D eigenvalue weighted by Crippen LogP contribution is -2.08. The summed E-state index contributed by atoms with van der Waals surface area (Å²) in [6, 6.07) is 0. The molecule has 1 rings (SSSR count). The molecule has 0 fully saturated rings. The van der Waals surface area contributed by atoms with Crippen LogP contribution >= 0.6 is 0 Å². The highest BCUT2D eigenvalue weighted by molar-refractivity contribution is 5.88. The summed E-state index contributed by atoms with van der Waals surface area (Å²) in [5.74, 6) is 0.814. The Kier molecular flexibility index (Phi) is 16.9. The monoisotopic (exact) mass is 377 g/mol. The molecule has 0 aromatic rings. The minimum absolute atomic E-state index is 0.361. The Morgan fingerprint density at radius 1 is 0.778 bits per heavy atom. The average Bonchev–Trinajstić information content (AvgIpc) is 3.14. The Morgan fingerprint density at radius 3 is 1.85 bits per heavy atom. The average molecular weight is 378 g/mol. The van der Waals surface area contributed by atoms with Gasteiger partial charge in [0.15, 0.2) is 0 Å². The van der Waals surface area contributed by atoms with Crippen molar-refractivity contribution >= 4 is 5.71 Å². The number of hydrogen-bond donors (Lipinski definition) is 1. The van der Waals surface area contributed by atoms with E-state index in [1.54, 1.807) is 0 Å². The first-order valence-electron chi connectivity index (χ1n) is 12.2. The van der Waals surface area contributed by atoms with Crippen LogP contribution < -0.4 is 0 Å². The fraction of sp³-hybridized carbons (Fsp3) is 0.880. The van der Waals surface area contributed by atoms with Crippen molar-refractivity contribution in [3.8, 4) is 0 Å². The van der Waals surface area contributed by atoms with E-state index in [0.29, 0.717) is 6.61 Å². The predicted molar refractivity (Wildman–Crippen MR) is 121 cm³/mol. The summed E-state index contributed by atoms with van der Waals surface area (Å²) in [7, 11) is 0. The number of allylic oxidation sites excluding steroid dienone is 2. The summed E-state index contributed by atoms with van der Waals surface area (Å²) >= 11 is 0. The van der Waals surface area contributed by atoms with Gasteiger partial charge in [-0.05, 0) is 63.7 Å². The topological polar surface area (TPSA) is 32.6 Å². The Balaban J connectivity index is 1.75. The van der Waals surface area contributed by atoms with Gasteiger partial charge in [0.25, 0.3) is 0 Å². The molecule has 1 heterocycles. The minimum Gasteiger partial charge on any atom is -0.396 e. The molecule has 2 heteroatoms. The summed E-state index contributed by atoms with van der Waals surface area (Å²) in [6.45, 7) is 3.76. The number of nitrogens with zero attached hydrogens (tertiary/aromatic N) is 1. The highest BCUT2D eigenvalue weighted by Gasteiger charge is 2.17. The molecule has 0 aromatic heterocycles. The number of aliphatic hydroxyl groups is 1. The van der Waals surface area contributed by atoms with Crippen LogP contribution in [-0.2, 0) is 0 Å². The zero-order chi connectivity index (χ0) is 19.4. The van der Waals surface area contributed by atoms with E-state index in [-0.39, 0.29) is 0 Å². The van der Waals surface area contributed by atoms with Gasteiger partial charge in [0, 0.05) is 18.9 Å². The normalized spacial score (nSPS) is 17.1. The van der Waals surface area contributed by atoms with Crippen LogP contribution in [0.1, 0.15) is 122 Å². The second-order valence-electron chi connectivity index (χ2n) is 8.39. The van der Waals surface area contributed by atoms with E-state index in [1.165, 1.54) is 115 Å². The molecular weight excluding hydrogens is 330 g/mol. The third-order valence-electron chi connectivity index (χ3n) is 6.01. The lowest BCUT2D eigenvalue weighted by molar-refractivity contribution is 0.282. The van der Waals surface area contributed by atoms with Gasteiger partial charge in [-0.3, -0.25) is 4.99 Å². The van der Waals surface area contributed by atoms with Crippen molar-refractivity contribution in [2.75, 3.05) is 13.2 Å². The van der Waals surface area contributed by atoms with E-state index in [2.05, 4.69) is 19.1 Å². The highest BCUT2D eigenvalue weighted by atomic mass is 16.2. The Hall–Kier alpha value is -0.630. The van der Waals surface area contributed by atoms with Gasteiger partial charge in [0.1, 0.15) is 0 Å². The first-order valence-corrected chi connectivity index (χ1v) is 12.2. The quantitative estimate of drug-likeness (QED) is 0.182. The third-order valence-corrected chi connectivity index (χ3v) is 6.01. The Bertz CT molecular complexity index is 375. The van der Waals surface area contributed by atoms with Crippen LogP contribution in [0, 0.1) is 5.92 Å². The molecule has 1 N–H and O–H groups in total. The minimum atomic E-state index is 0.361. The van der Waals surface area contributed by atoms with E-state index in [4.69, 9.17) is 10.1 Å². The number of unbranched alkanes of at least 4 members (excludes halogenated alkanes) is 13. The van der Waals surface area contributed by atoms with Crippen molar-refractivity contribution in [3.63, 3.8) is 0 Å². The fourth-order valence-electron chi connectivity index (χ4n) is 4.15. The van der Waals surface area contributed by atoms with Crippen LogP contribution in [0.2, 0.25) is 0 Å². The molecule has 0 radical (unpaired) electrons. The van der Waals surface area contributed by atoms with Gasteiger partial charge in [0.2, 0.25) is 0 Å². The molecule has 0 spiro atoms. The van der Waals surface area contributed by atoms with Crippen LogP contribution in [0.15, 0.2) is 17.1 Å². The number of aliphatic imine (C=N–C) groups is 1. The summed E-state index contributed by atoms with van der Waals surface area (Å²) < 4.78 is 0. The molecule has 2 nitrogen and oxygen atoms in total. The van der Waals surface area contributed by atoms with Gasteiger partial charge in [-0.15, -0.1) is 0 Å². The van der Waals surface area contributed by atoms with Gasteiger partial charge in [-0.1, -0.05) is 76.9 Å². The molecule has 1 aliphatic rings. The molecule has 0 bridgehead atoms. The summed E-state index contributed by atoms with van der Waals surface area (Å²) in [6.07, 6.45) is 28.5. The molecular formula is C25H47NO. The maximum absolute atomic E-state index is 8.73. The second kappa shape index (κ2) is 18.7. The third kappa shape index (κ3) is 14.1. The summed E-state index contributed by atoms with van der Waals surface area (Å²) in [4.78, 5) is 4.70. The number of aliphatic hydroxyl groups excluding tert-OH is 1. The van der Waals surface area contributed by atoms with E-state index >= 15 is 0 Å². The molecule has 1 atom stereocenters. The van der Waals surface area contributed by atoms with Crippen molar-refractivity contribution in [2.24, 2.45) is 10.9 Å². The van der Waals surface area contributed by atoms with Crippen molar-refractivity contribution in [2.45, 2.75) is 122 Å².